The van der Waals surface area contributed by atoms with Gasteiger partial charge in [0.15, 0.2) is 0 Å². The van der Waals surface area contributed by atoms with Crippen LogP contribution in [0.4, 0.5) is 0 Å². The maximum atomic E-state index is 11.9. The molecule has 1 aliphatic rings. The highest BCUT2D eigenvalue weighted by molar-refractivity contribution is 6.30. The van der Waals surface area contributed by atoms with Crippen molar-refractivity contribution in [2.45, 2.75) is 13.0 Å². The first-order chi connectivity index (χ1) is 9.08. The molecule has 1 fully saturated rings. The van der Waals surface area contributed by atoms with Crippen molar-refractivity contribution in [3.63, 3.8) is 0 Å². The first-order valence-corrected chi connectivity index (χ1v) is 6.87. The van der Waals surface area contributed by atoms with E-state index in [0.717, 1.165) is 13.1 Å². The molecule has 2 rings (SSSR count). The molecule has 0 saturated carbocycles. The molecule has 112 valence electrons. The molecule has 1 heterocycles. The van der Waals surface area contributed by atoms with Gasteiger partial charge >= 0.3 is 0 Å². The number of halogens is 2. The minimum Gasteiger partial charge on any atom is -0.387 e. The highest BCUT2D eigenvalue weighted by atomic mass is 35.5. The van der Waals surface area contributed by atoms with E-state index in [9.17, 15) is 9.90 Å². The fraction of sp³-hybridized carbons (Fsp3) is 0.500. The molecule has 2 unspecified atom stereocenters. The molecule has 0 bridgehead atoms. The molecule has 1 aliphatic heterocycles. The van der Waals surface area contributed by atoms with Gasteiger partial charge in [0.25, 0.3) is 0 Å². The van der Waals surface area contributed by atoms with Gasteiger partial charge in [0.1, 0.15) is 0 Å². The summed E-state index contributed by atoms with van der Waals surface area (Å²) in [6, 6.07) is 7.03. The standard InChI is InChI=1S/C14H19ClN2O2.ClH/c1-9(11-6-16-7-11)14(19)17-8-13(18)10-3-2-4-12(15)5-10;/h2-5,9,11,13,16,18H,6-8H2,1H3,(H,17,19);1H. The predicted octanol–water partition coefficient (Wildman–Crippen LogP) is 1.77. The Kier molecular flexibility index (Phi) is 6.76. The lowest BCUT2D eigenvalue weighted by Gasteiger charge is -2.31. The Labute approximate surface area is 130 Å². The number of hydrogen-bond donors (Lipinski definition) is 3. The molecule has 1 saturated heterocycles. The van der Waals surface area contributed by atoms with Gasteiger partial charge in [-0.2, -0.15) is 0 Å². The van der Waals surface area contributed by atoms with E-state index < -0.39 is 6.10 Å². The number of benzene rings is 1. The lowest BCUT2D eigenvalue weighted by molar-refractivity contribution is -0.127. The number of carbonyl (C=O) groups is 1. The molecule has 0 radical (unpaired) electrons. The number of nitrogens with one attached hydrogen (secondary N) is 2. The average Bonchev–Trinajstić information content (AvgIpc) is 2.33. The molecule has 6 heteroatoms. The van der Waals surface area contributed by atoms with E-state index in [1.54, 1.807) is 24.3 Å². The van der Waals surface area contributed by atoms with Crippen LogP contribution in [0.25, 0.3) is 0 Å². The SMILES string of the molecule is CC(C(=O)NCC(O)c1cccc(Cl)c1)C1CNC1.Cl. The average molecular weight is 319 g/mol. The zero-order chi connectivity index (χ0) is 13.8. The molecule has 1 aromatic carbocycles. The Hall–Kier alpha value is -0.810. The number of hydrogen-bond acceptors (Lipinski definition) is 3. The summed E-state index contributed by atoms with van der Waals surface area (Å²) in [5.74, 6) is 0.378. The van der Waals surface area contributed by atoms with Crippen molar-refractivity contribution in [1.82, 2.24) is 10.6 Å². The normalized spacial score (nSPS) is 17.6. The second-order valence-corrected chi connectivity index (χ2v) is 5.46. The van der Waals surface area contributed by atoms with Crippen molar-refractivity contribution in [3.05, 3.63) is 34.9 Å². The molecule has 2 atom stereocenters. The van der Waals surface area contributed by atoms with Crippen LogP contribution in [0.5, 0.6) is 0 Å². The minimum atomic E-state index is -0.727. The van der Waals surface area contributed by atoms with E-state index in [-0.39, 0.29) is 30.8 Å². The monoisotopic (exact) mass is 318 g/mol. The molecule has 3 N–H and O–H groups in total. The Bertz CT molecular complexity index is 453. The number of rotatable bonds is 5. The van der Waals surface area contributed by atoms with E-state index >= 15 is 0 Å². The third kappa shape index (κ3) is 4.35. The fourth-order valence-corrected chi connectivity index (χ4v) is 2.27. The first kappa shape index (κ1) is 17.2. The summed E-state index contributed by atoms with van der Waals surface area (Å²) in [5, 5.41) is 16.5. The maximum Gasteiger partial charge on any atom is 0.223 e. The van der Waals surface area contributed by atoms with Crippen molar-refractivity contribution < 1.29 is 9.90 Å². The van der Waals surface area contributed by atoms with Gasteiger partial charge in [0.2, 0.25) is 5.91 Å². The summed E-state index contributed by atoms with van der Waals surface area (Å²) in [7, 11) is 0. The quantitative estimate of drug-likeness (QED) is 0.775. The summed E-state index contributed by atoms with van der Waals surface area (Å²) in [6.45, 7) is 3.92. The van der Waals surface area contributed by atoms with Gasteiger partial charge in [-0.3, -0.25) is 4.79 Å². The zero-order valence-corrected chi connectivity index (χ0v) is 12.9. The Balaban J connectivity index is 0.00000200. The van der Waals surface area contributed by atoms with Crippen LogP contribution >= 0.6 is 24.0 Å². The molecule has 4 nitrogen and oxygen atoms in total. The van der Waals surface area contributed by atoms with Crippen LogP contribution in [0, 0.1) is 11.8 Å². The second kappa shape index (κ2) is 7.84. The van der Waals surface area contributed by atoms with Crippen LogP contribution < -0.4 is 10.6 Å². The Morgan fingerprint density at radius 1 is 1.55 bits per heavy atom. The summed E-state index contributed by atoms with van der Waals surface area (Å²) >= 11 is 5.86. The van der Waals surface area contributed by atoms with Crippen molar-refractivity contribution in [2.75, 3.05) is 19.6 Å². The largest absolute Gasteiger partial charge is 0.387 e. The van der Waals surface area contributed by atoms with Crippen LogP contribution in [0.2, 0.25) is 5.02 Å². The molecule has 0 aromatic heterocycles. The van der Waals surface area contributed by atoms with Crippen LogP contribution in [-0.4, -0.2) is 30.6 Å². The summed E-state index contributed by atoms with van der Waals surface area (Å²) in [6.07, 6.45) is -0.727. The Morgan fingerprint density at radius 2 is 2.25 bits per heavy atom. The summed E-state index contributed by atoms with van der Waals surface area (Å²) < 4.78 is 0. The molecular weight excluding hydrogens is 299 g/mol. The van der Waals surface area contributed by atoms with Gasteiger partial charge in [-0.25, -0.2) is 0 Å². The lowest BCUT2D eigenvalue weighted by Crippen LogP contribution is -2.50. The van der Waals surface area contributed by atoms with Crippen LogP contribution in [0.1, 0.15) is 18.6 Å². The molecular formula is C14H20Cl2N2O2. The van der Waals surface area contributed by atoms with Crippen molar-refractivity contribution >= 4 is 29.9 Å². The minimum absolute atomic E-state index is 0. The summed E-state index contributed by atoms with van der Waals surface area (Å²) in [4.78, 5) is 11.9. The van der Waals surface area contributed by atoms with Gasteiger partial charge in [-0.05, 0) is 36.7 Å². The van der Waals surface area contributed by atoms with Gasteiger partial charge in [0, 0.05) is 17.5 Å². The number of carbonyl (C=O) groups excluding carboxylic acids is 1. The van der Waals surface area contributed by atoms with Crippen LogP contribution in [0.3, 0.4) is 0 Å². The van der Waals surface area contributed by atoms with E-state index in [4.69, 9.17) is 11.6 Å². The second-order valence-electron chi connectivity index (χ2n) is 5.02. The highest BCUT2D eigenvalue weighted by Crippen LogP contribution is 2.18. The van der Waals surface area contributed by atoms with Crippen molar-refractivity contribution in [2.24, 2.45) is 11.8 Å². The third-order valence-corrected chi connectivity index (χ3v) is 3.87. The molecule has 0 aliphatic carbocycles. The number of aliphatic hydroxyl groups is 1. The molecule has 0 spiro atoms. The first-order valence-electron chi connectivity index (χ1n) is 6.50. The maximum absolute atomic E-state index is 11.9. The van der Waals surface area contributed by atoms with Gasteiger partial charge in [0.05, 0.1) is 6.10 Å². The molecule has 1 amide bonds. The highest BCUT2D eigenvalue weighted by Gasteiger charge is 2.28. The van der Waals surface area contributed by atoms with Gasteiger partial charge < -0.3 is 15.7 Å². The molecule has 20 heavy (non-hydrogen) atoms. The molecule has 1 aromatic rings. The topological polar surface area (TPSA) is 61.4 Å². The van der Waals surface area contributed by atoms with E-state index in [1.807, 2.05) is 6.92 Å². The third-order valence-electron chi connectivity index (χ3n) is 3.64. The van der Waals surface area contributed by atoms with Crippen LogP contribution in [0.15, 0.2) is 24.3 Å². The van der Waals surface area contributed by atoms with Crippen molar-refractivity contribution in [3.8, 4) is 0 Å². The van der Waals surface area contributed by atoms with Crippen LogP contribution in [-0.2, 0) is 4.79 Å². The fourth-order valence-electron chi connectivity index (χ4n) is 2.07. The Morgan fingerprint density at radius 3 is 2.80 bits per heavy atom. The summed E-state index contributed by atoms with van der Waals surface area (Å²) in [5.41, 5.74) is 0.714. The van der Waals surface area contributed by atoms with E-state index in [0.29, 0.717) is 16.5 Å². The predicted molar refractivity (Wildman–Crippen MR) is 82.2 cm³/mol. The van der Waals surface area contributed by atoms with E-state index in [1.165, 1.54) is 0 Å². The van der Waals surface area contributed by atoms with Crippen molar-refractivity contribution in [1.29, 1.82) is 0 Å². The van der Waals surface area contributed by atoms with Gasteiger partial charge in [-0.15, -0.1) is 12.4 Å². The van der Waals surface area contributed by atoms with Gasteiger partial charge in [-0.1, -0.05) is 30.7 Å². The smallest absolute Gasteiger partial charge is 0.223 e. The van der Waals surface area contributed by atoms with E-state index in [2.05, 4.69) is 10.6 Å². The number of aliphatic hydroxyl groups excluding tert-OH is 1. The number of amides is 1. The lowest BCUT2D eigenvalue weighted by atomic mass is 9.88. The zero-order valence-electron chi connectivity index (χ0n) is 11.3.